The van der Waals surface area contributed by atoms with Crippen molar-refractivity contribution < 1.29 is 14.3 Å². The molecule has 0 aliphatic heterocycles. The Balaban J connectivity index is 2.00. The van der Waals surface area contributed by atoms with Crippen LogP contribution in [-0.2, 0) is 9.53 Å². The van der Waals surface area contributed by atoms with Crippen molar-refractivity contribution in [2.75, 3.05) is 5.32 Å². The Kier molecular flexibility index (Phi) is 4.94. The molecule has 1 amide bonds. The zero-order valence-corrected chi connectivity index (χ0v) is 12.9. The van der Waals surface area contributed by atoms with E-state index in [1.165, 1.54) is 0 Å². The zero-order chi connectivity index (χ0) is 16.1. The maximum Gasteiger partial charge on any atom is 0.339 e. The summed E-state index contributed by atoms with van der Waals surface area (Å²) in [6.07, 6.45) is -0.867. The minimum atomic E-state index is -0.867. The number of nitrogens with one attached hydrogen (secondary N) is 1. The summed E-state index contributed by atoms with van der Waals surface area (Å²) in [5.74, 6) is -0.850. The smallest absolute Gasteiger partial charge is 0.339 e. The number of rotatable bonds is 4. The lowest BCUT2D eigenvalue weighted by Crippen LogP contribution is -2.30. The number of anilines is 1. The van der Waals surface area contributed by atoms with E-state index in [0.29, 0.717) is 11.3 Å². The van der Waals surface area contributed by atoms with Crippen molar-refractivity contribution in [3.63, 3.8) is 0 Å². The molecule has 1 N–H and O–H groups in total. The highest BCUT2D eigenvalue weighted by Gasteiger charge is 2.20. The van der Waals surface area contributed by atoms with Crippen molar-refractivity contribution >= 4 is 17.6 Å². The number of amides is 1. The second-order valence-corrected chi connectivity index (χ2v) is 5.22. The van der Waals surface area contributed by atoms with Gasteiger partial charge in [-0.3, -0.25) is 4.79 Å². The minimum absolute atomic E-state index is 0.357. The lowest BCUT2D eigenvalue weighted by atomic mass is 10.1. The molecule has 2 aromatic carbocycles. The van der Waals surface area contributed by atoms with Gasteiger partial charge in [-0.05, 0) is 44.5 Å². The fourth-order valence-corrected chi connectivity index (χ4v) is 2.09. The van der Waals surface area contributed by atoms with E-state index in [0.717, 1.165) is 11.1 Å². The fraction of sp³-hybridized carbons (Fsp3) is 0.222. The summed E-state index contributed by atoms with van der Waals surface area (Å²) in [5.41, 5.74) is 3.05. The number of carbonyl (C=O) groups is 2. The number of para-hydroxylation sites is 1. The van der Waals surface area contributed by atoms with Crippen LogP contribution in [0.25, 0.3) is 0 Å². The first kappa shape index (κ1) is 15.8. The first-order chi connectivity index (χ1) is 10.5. The predicted octanol–water partition coefficient (Wildman–Crippen LogP) is 3.49. The average Bonchev–Trinajstić information content (AvgIpc) is 2.47. The van der Waals surface area contributed by atoms with Crippen LogP contribution < -0.4 is 5.32 Å². The summed E-state index contributed by atoms with van der Waals surface area (Å²) in [5, 5.41) is 2.71. The average molecular weight is 297 g/mol. The van der Waals surface area contributed by atoms with Gasteiger partial charge >= 0.3 is 5.97 Å². The summed E-state index contributed by atoms with van der Waals surface area (Å²) >= 11 is 0. The Hall–Kier alpha value is -2.62. The second-order valence-electron chi connectivity index (χ2n) is 5.22. The molecule has 2 aromatic rings. The number of esters is 1. The molecule has 0 aliphatic rings. The maximum atomic E-state index is 12.1. The van der Waals surface area contributed by atoms with Gasteiger partial charge in [-0.15, -0.1) is 0 Å². The van der Waals surface area contributed by atoms with Crippen LogP contribution in [-0.4, -0.2) is 18.0 Å². The molecular weight excluding hydrogens is 278 g/mol. The molecule has 0 unspecified atom stereocenters. The summed E-state index contributed by atoms with van der Waals surface area (Å²) in [4.78, 5) is 24.2. The highest BCUT2D eigenvalue weighted by Crippen LogP contribution is 2.13. The number of aryl methyl sites for hydroxylation is 2. The number of hydrogen-bond acceptors (Lipinski definition) is 3. The van der Waals surface area contributed by atoms with Gasteiger partial charge in [0.2, 0.25) is 0 Å². The van der Waals surface area contributed by atoms with Gasteiger partial charge in [0.25, 0.3) is 5.91 Å². The van der Waals surface area contributed by atoms with Gasteiger partial charge in [-0.2, -0.15) is 0 Å². The summed E-state index contributed by atoms with van der Waals surface area (Å²) in [6.45, 7) is 5.36. The monoisotopic (exact) mass is 297 g/mol. The predicted molar refractivity (Wildman–Crippen MR) is 85.9 cm³/mol. The van der Waals surface area contributed by atoms with Gasteiger partial charge in [0.15, 0.2) is 6.10 Å². The van der Waals surface area contributed by atoms with E-state index >= 15 is 0 Å². The molecule has 0 bridgehead atoms. The van der Waals surface area contributed by atoms with Gasteiger partial charge in [-0.1, -0.05) is 35.9 Å². The summed E-state index contributed by atoms with van der Waals surface area (Å²) in [7, 11) is 0. The molecule has 22 heavy (non-hydrogen) atoms. The summed E-state index contributed by atoms with van der Waals surface area (Å²) in [6, 6.07) is 14.5. The van der Waals surface area contributed by atoms with E-state index in [9.17, 15) is 9.59 Å². The van der Waals surface area contributed by atoms with Gasteiger partial charge in [0, 0.05) is 5.69 Å². The van der Waals surface area contributed by atoms with Crippen molar-refractivity contribution in [1.29, 1.82) is 0 Å². The number of carbonyl (C=O) groups excluding carboxylic acids is 2. The molecule has 0 spiro atoms. The first-order valence-corrected chi connectivity index (χ1v) is 7.11. The quantitative estimate of drug-likeness (QED) is 0.879. The van der Waals surface area contributed by atoms with Crippen molar-refractivity contribution in [2.24, 2.45) is 0 Å². The van der Waals surface area contributed by atoms with Crippen molar-refractivity contribution in [3.8, 4) is 0 Å². The maximum absolute atomic E-state index is 12.1. The SMILES string of the molecule is Cc1ccc(C(=O)O[C@@H](C)C(=O)Nc2ccccc2)c(C)c1. The Morgan fingerprint density at radius 1 is 1.05 bits per heavy atom. The molecule has 0 fully saturated rings. The van der Waals surface area contributed by atoms with Crippen LogP contribution in [0.3, 0.4) is 0 Å². The molecule has 0 aliphatic carbocycles. The number of ether oxygens (including phenoxy) is 1. The van der Waals surface area contributed by atoms with Crippen LogP contribution in [0.5, 0.6) is 0 Å². The molecule has 0 heterocycles. The van der Waals surface area contributed by atoms with Gasteiger partial charge in [-0.25, -0.2) is 4.79 Å². The standard InChI is InChI=1S/C18H19NO3/c1-12-9-10-16(13(2)11-12)18(21)22-14(3)17(20)19-15-7-5-4-6-8-15/h4-11,14H,1-3H3,(H,19,20)/t14-/m0/s1. The molecular formula is C18H19NO3. The topological polar surface area (TPSA) is 55.4 Å². The van der Waals surface area contributed by atoms with Crippen LogP contribution in [0.1, 0.15) is 28.4 Å². The van der Waals surface area contributed by atoms with E-state index in [4.69, 9.17) is 4.74 Å². The van der Waals surface area contributed by atoms with Crippen LogP contribution in [0, 0.1) is 13.8 Å². The molecule has 4 nitrogen and oxygen atoms in total. The van der Waals surface area contributed by atoms with E-state index < -0.39 is 12.1 Å². The second kappa shape index (κ2) is 6.89. The molecule has 4 heteroatoms. The van der Waals surface area contributed by atoms with Crippen LogP contribution in [0.15, 0.2) is 48.5 Å². The fourth-order valence-electron chi connectivity index (χ4n) is 2.09. The van der Waals surface area contributed by atoms with Crippen molar-refractivity contribution in [2.45, 2.75) is 26.9 Å². The third kappa shape index (κ3) is 3.95. The van der Waals surface area contributed by atoms with E-state index in [2.05, 4.69) is 5.32 Å². The third-order valence-electron chi connectivity index (χ3n) is 3.30. The van der Waals surface area contributed by atoms with Gasteiger partial charge in [0.05, 0.1) is 5.56 Å². The van der Waals surface area contributed by atoms with Crippen LogP contribution in [0.4, 0.5) is 5.69 Å². The minimum Gasteiger partial charge on any atom is -0.449 e. The third-order valence-corrected chi connectivity index (χ3v) is 3.30. The molecule has 0 saturated carbocycles. The largest absolute Gasteiger partial charge is 0.449 e. The molecule has 1 atom stereocenters. The lowest BCUT2D eigenvalue weighted by molar-refractivity contribution is -0.123. The van der Waals surface area contributed by atoms with Crippen molar-refractivity contribution in [1.82, 2.24) is 0 Å². The first-order valence-electron chi connectivity index (χ1n) is 7.11. The molecule has 0 radical (unpaired) electrons. The zero-order valence-electron chi connectivity index (χ0n) is 12.9. The number of benzene rings is 2. The van der Waals surface area contributed by atoms with Gasteiger partial charge < -0.3 is 10.1 Å². The van der Waals surface area contributed by atoms with Crippen LogP contribution >= 0.6 is 0 Å². The van der Waals surface area contributed by atoms with E-state index in [1.807, 2.05) is 44.2 Å². The van der Waals surface area contributed by atoms with E-state index in [-0.39, 0.29) is 5.91 Å². The van der Waals surface area contributed by atoms with Crippen LogP contribution in [0.2, 0.25) is 0 Å². The van der Waals surface area contributed by atoms with Gasteiger partial charge in [0.1, 0.15) is 0 Å². The highest BCUT2D eigenvalue weighted by atomic mass is 16.5. The van der Waals surface area contributed by atoms with E-state index in [1.54, 1.807) is 25.1 Å². The Morgan fingerprint density at radius 2 is 1.73 bits per heavy atom. The summed E-state index contributed by atoms with van der Waals surface area (Å²) < 4.78 is 5.24. The molecule has 114 valence electrons. The Bertz CT molecular complexity index is 680. The van der Waals surface area contributed by atoms with Crippen molar-refractivity contribution in [3.05, 3.63) is 65.2 Å². The lowest BCUT2D eigenvalue weighted by Gasteiger charge is -2.14. The number of hydrogen-bond donors (Lipinski definition) is 1. The molecule has 0 saturated heterocycles. The highest BCUT2D eigenvalue weighted by molar-refractivity contribution is 5.97. The molecule has 0 aromatic heterocycles. The Morgan fingerprint density at radius 3 is 2.36 bits per heavy atom. The normalized spacial score (nSPS) is 11.6. The molecule has 2 rings (SSSR count). The Labute approximate surface area is 130 Å².